The van der Waals surface area contributed by atoms with Crippen molar-refractivity contribution in [2.75, 3.05) is 20.2 Å². The number of amides is 1. The maximum atomic E-state index is 11.6. The predicted molar refractivity (Wildman–Crippen MR) is 66.6 cm³/mol. The molecule has 18 heavy (non-hydrogen) atoms. The van der Waals surface area contributed by atoms with E-state index in [1.54, 1.807) is 25.4 Å². The minimum atomic E-state index is -0.305. The van der Waals surface area contributed by atoms with E-state index in [9.17, 15) is 4.79 Å². The Morgan fingerprint density at radius 2 is 2.56 bits per heavy atom. The molecule has 6 nitrogen and oxygen atoms in total. The van der Waals surface area contributed by atoms with Gasteiger partial charge in [-0.05, 0) is 18.6 Å². The van der Waals surface area contributed by atoms with Gasteiger partial charge >= 0.3 is 0 Å². The molecule has 1 aromatic rings. The fourth-order valence-electron chi connectivity index (χ4n) is 2.19. The average molecular weight is 250 g/mol. The number of ether oxygens (including phenoxy) is 1. The van der Waals surface area contributed by atoms with Crippen LogP contribution in [0, 0.1) is 0 Å². The second kappa shape index (κ2) is 5.90. The van der Waals surface area contributed by atoms with E-state index in [1.807, 2.05) is 0 Å². The van der Waals surface area contributed by atoms with Crippen LogP contribution in [0.3, 0.4) is 0 Å². The lowest BCUT2D eigenvalue weighted by atomic mass is 10.1. The molecule has 1 aliphatic heterocycles. The highest BCUT2D eigenvalue weighted by Gasteiger charge is 2.23. The molecule has 6 heteroatoms. The number of aromatic nitrogens is 1. The fourth-order valence-corrected chi connectivity index (χ4v) is 2.19. The molecule has 1 amide bonds. The van der Waals surface area contributed by atoms with Crippen LogP contribution >= 0.6 is 0 Å². The molecule has 0 spiro atoms. The van der Waals surface area contributed by atoms with Crippen molar-refractivity contribution >= 4 is 5.91 Å². The van der Waals surface area contributed by atoms with Crippen LogP contribution in [0.15, 0.2) is 18.3 Å². The number of nitrogens with two attached hydrogens (primary N) is 1. The summed E-state index contributed by atoms with van der Waals surface area (Å²) < 4.78 is 5.32. The van der Waals surface area contributed by atoms with Crippen LogP contribution < -0.4 is 11.3 Å². The number of likely N-dealkylation sites (tertiary alicyclic amines) is 1. The van der Waals surface area contributed by atoms with E-state index < -0.39 is 0 Å². The first-order valence-electron chi connectivity index (χ1n) is 5.94. The standard InChI is InChI=1S/C12H18N4O2/c1-18-9-4-6-16(7-9)8-11-10(12(17)15-13)3-2-5-14-11/h2-3,5,9H,4,6-8,13H2,1H3,(H,15,17). The van der Waals surface area contributed by atoms with Crippen molar-refractivity contribution in [1.82, 2.24) is 15.3 Å². The minimum absolute atomic E-state index is 0.278. The van der Waals surface area contributed by atoms with Crippen molar-refractivity contribution in [3.8, 4) is 0 Å². The molecule has 3 N–H and O–H groups in total. The van der Waals surface area contributed by atoms with Gasteiger partial charge in [0, 0.05) is 32.9 Å². The molecule has 0 aliphatic carbocycles. The smallest absolute Gasteiger partial charge is 0.267 e. The Labute approximate surface area is 106 Å². The topological polar surface area (TPSA) is 80.5 Å². The van der Waals surface area contributed by atoms with Gasteiger partial charge in [0.05, 0.1) is 17.4 Å². The Morgan fingerprint density at radius 3 is 3.22 bits per heavy atom. The number of carbonyl (C=O) groups excluding carboxylic acids is 1. The van der Waals surface area contributed by atoms with Gasteiger partial charge in [0.1, 0.15) is 0 Å². The van der Waals surface area contributed by atoms with Gasteiger partial charge < -0.3 is 4.74 Å². The van der Waals surface area contributed by atoms with Gasteiger partial charge in [-0.15, -0.1) is 0 Å². The van der Waals surface area contributed by atoms with Gasteiger partial charge in [-0.25, -0.2) is 5.84 Å². The van der Waals surface area contributed by atoms with Crippen molar-refractivity contribution in [2.24, 2.45) is 5.84 Å². The minimum Gasteiger partial charge on any atom is -0.380 e. The van der Waals surface area contributed by atoms with Crippen LogP contribution in [0.2, 0.25) is 0 Å². The number of rotatable bonds is 4. The Balaban J connectivity index is 2.07. The molecule has 0 bridgehead atoms. The normalized spacial score (nSPS) is 20.0. The van der Waals surface area contributed by atoms with E-state index in [0.29, 0.717) is 12.1 Å². The fraction of sp³-hybridized carbons (Fsp3) is 0.500. The van der Waals surface area contributed by atoms with Crippen LogP contribution in [0.1, 0.15) is 22.5 Å². The van der Waals surface area contributed by atoms with Crippen molar-refractivity contribution in [3.05, 3.63) is 29.6 Å². The zero-order valence-electron chi connectivity index (χ0n) is 10.4. The van der Waals surface area contributed by atoms with Crippen molar-refractivity contribution in [3.63, 3.8) is 0 Å². The van der Waals surface area contributed by atoms with Crippen molar-refractivity contribution in [1.29, 1.82) is 0 Å². The molecule has 98 valence electrons. The largest absolute Gasteiger partial charge is 0.380 e. The molecule has 1 fully saturated rings. The highest BCUT2D eigenvalue weighted by atomic mass is 16.5. The third-order valence-electron chi connectivity index (χ3n) is 3.20. The molecular formula is C12H18N4O2. The van der Waals surface area contributed by atoms with E-state index in [-0.39, 0.29) is 12.0 Å². The third-order valence-corrected chi connectivity index (χ3v) is 3.20. The number of hydrazine groups is 1. The van der Waals surface area contributed by atoms with Crippen molar-refractivity contribution < 1.29 is 9.53 Å². The number of nitrogens with one attached hydrogen (secondary N) is 1. The van der Waals surface area contributed by atoms with Crippen LogP contribution in [0.4, 0.5) is 0 Å². The highest BCUT2D eigenvalue weighted by molar-refractivity contribution is 5.94. The van der Waals surface area contributed by atoms with Crippen LogP contribution in [-0.2, 0) is 11.3 Å². The van der Waals surface area contributed by atoms with Gasteiger partial charge in [-0.3, -0.25) is 20.1 Å². The van der Waals surface area contributed by atoms with Gasteiger partial charge in [0.15, 0.2) is 0 Å². The van der Waals surface area contributed by atoms with Crippen molar-refractivity contribution in [2.45, 2.75) is 19.1 Å². The molecule has 1 aromatic heterocycles. The first kappa shape index (κ1) is 12.9. The van der Waals surface area contributed by atoms with Gasteiger partial charge in [0.2, 0.25) is 0 Å². The molecule has 2 rings (SSSR count). The summed E-state index contributed by atoms with van der Waals surface area (Å²) in [5.41, 5.74) is 3.42. The third kappa shape index (κ3) is 2.84. The number of hydrogen-bond donors (Lipinski definition) is 2. The van der Waals surface area contributed by atoms with E-state index in [0.717, 1.165) is 25.2 Å². The molecule has 2 heterocycles. The second-order valence-corrected chi connectivity index (χ2v) is 4.35. The molecule has 0 aromatic carbocycles. The summed E-state index contributed by atoms with van der Waals surface area (Å²) in [6, 6.07) is 3.46. The number of nitrogens with zero attached hydrogens (tertiary/aromatic N) is 2. The molecular weight excluding hydrogens is 232 g/mol. The highest BCUT2D eigenvalue weighted by Crippen LogP contribution is 2.16. The van der Waals surface area contributed by atoms with Gasteiger partial charge in [-0.1, -0.05) is 0 Å². The van der Waals surface area contributed by atoms with Gasteiger partial charge in [0.25, 0.3) is 5.91 Å². The maximum Gasteiger partial charge on any atom is 0.267 e. The van der Waals surface area contributed by atoms with E-state index in [2.05, 4.69) is 15.3 Å². The predicted octanol–water partition coefficient (Wildman–Crippen LogP) is -0.0942. The second-order valence-electron chi connectivity index (χ2n) is 4.35. The molecule has 0 saturated carbocycles. The Hall–Kier alpha value is -1.50. The number of methoxy groups -OCH3 is 1. The monoisotopic (exact) mass is 250 g/mol. The summed E-state index contributed by atoms with van der Waals surface area (Å²) in [7, 11) is 1.72. The maximum absolute atomic E-state index is 11.6. The molecule has 1 atom stereocenters. The lowest BCUT2D eigenvalue weighted by molar-refractivity contribution is 0.0950. The first-order valence-corrected chi connectivity index (χ1v) is 5.94. The molecule has 1 saturated heterocycles. The van der Waals surface area contributed by atoms with E-state index >= 15 is 0 Å². The summed E-state index contributed by atoms with van der Waals surface area (Å²) >= 11 is 0. The summed E-state index contributed by atoms with van der Waals surface area (Å²) in [5, 5.41) is 0. The number of nitrogen functional groups attached to an aromatic ring is 1. The Kier molecular flexibility index (Phi) is 4.24. The van der Waals surface area contributed by atoms with E-state index in [4.69, 9.17) is 10.6 Å². The molecule has 0 radical (unpaired) electrons. The van der Waals surface area contributed by atoms with Crippen LogP contribution in [-0.4, -0.2) is 42.1 Å². The molecule has 1 unspecified atom stereocenters. The summed E-state index contributed by atoms with van der Waals surface area (Å²) in [6.45, 7) is 2.47. The first-order chi connectivity index (χ1) is 8.74. The zero-order valence-corrected chi connectivity index (χ0v) is 10.4. The SMILES string of the molecule is COC1CCN(Cc2ncccc2C(=O)NN)C1. The number of carbonyl (C=O) groups is 1. The summed E-state index contributed by atoms with van der Waals surface area (Å²) in [4.78, 5) is 18.1. The summed E-state index contributed by atoms with van der Waals surface area (Å²) in [5.74, 6) is 4.86. The summed E-state index contributed by atoms with van der Waals surface area (Å²) in [6.07, 6.45) is 2.98. The molecule has 1 aliphatic rings. The quantitative estimate of drug-likeness (QED) is 0.443. The number of pyridine rings is 1. The Morgan fingerprint density at radius 1 is 1.72 bits per heavy atom. The van der Waals surface area contributed by atoms with Crippen LogP contribution in [0.25, 0.3) is 0 Å². The van der Waals surface area contributed by atoms with E-state index in [1.165, 1.54) is 0 Å². The zero-order chi connectivity index (χ0) is 13.0. The van der Waals surface area contributed by atoms with Crippen LogP contribution in [0.5, 0.6) is 0 Å². The number of hydrogen-bond acceptors (Lipinski definition) is 5. The average Bonchev–Trinajstić information content (AvgIpc) is 2.86. The lowest BCUT2D eigenvalue weighted by Gasteiger charge is -2.16. The lowest BCUT2D eigenvalue weighted by Crippen LogP contribution is -2.32. The Bertz CT molecular complexity index is 424. The van der Waals surface area contributed by atoms with Gasteiger partial charge in [-0.2, -0.15) is 0 Å².